The molecule has 1 heterocycles. The van der Waals surface area contributed by atoms with Gasteiger partial charge in [0.15, 0.2) is 6.10 Å². The number of ether oxygens (including phenoxy) is 1. The van der Waals surface area contributed by atoms with Gasteiger partial charge in [-0.2, -0.15) is 13.2 Å². The molecule has 0 amide bonds. The number of hydrogen-bond acceptors (Lipinski definition) is 4. The molecule has 1 saturated heterocycles. The maximum absolute atomic E-state index is 12.8. The average molecular weight is 297 g/mol. The third-order valence-corrected chi connectivity index (χ3v) is 4.51. The highest BCUT2D eigenvalue weighted by molar-refractivity contribution is 4.94. The number of β-amino-alcohol motifs (C(OH)–C–C–N with tert-alkyl or cyclic N) is 1. The van der Waals surface area contributed by atoms with E-state index in [-0.39, 0.29) is 13.2 Å². The molecule has 118 valence electrons. The van der Waals surface area contributed by atoms with Crippen LogP contribution in [0.25, 0.3) is 0 Å². The maximum atomic E-state index is 12.8. The van der Waals surface area contributed by atoms with Gasteiger partial charge in [0.2, 0.25) is 0 Å². The highest BCUT2D eigenvalue weighted by atomic mass is 19.4. The molecule has 1 aliphatic carbocycles. The van der Waals surface area contributed by atoms with E-state index in [9.17, 15) is 23.4 Å². The molecule has 0 bridgehead atoms. The van der Waals surface area contributed by atoms with Crippen molar-refractivity contribution in [3.05, 3.63) is 0 Å². The van der Waals surface area contributed by atoms with Crippen molar-refractivity contribution in [2.45, 2.75) is 62.6 Å². The van der Waals surface area contributed by atoms with Gasteiger partial charge in [-0.05, 0) is 19.8 Å². The predicted octanol–water partition coefficient (Wildman–Crippen LogP) is 1.30. The zero-order valence-corrected chi connectivity index (χ0v) is 11.6. The number of aliphatic hydroxyl groups excluding tert-OH is 1. The van der Waals surface area contributed by atoms with Crippen LogP contribution in [0.5, 0.6) is 0 Å². The van der Waals surface area contributed by atoms with Crippen LogP contribution in [0.4, 0.5) is 13.2 Å². The Bertz CT molecular complexity index is 331. The summed E-state index contributed by atoms with van der Waals surface area (Å²) in [6, 6.07) is -0.858. The lowest BCUT2D eigenvalue weighted by Gasteiger charge is -2.42. The molecule has 0 aromatic carbocycles. The minimum Gasteiger partial charge on any atom is -0.389 e. The van der Waals surface area contributed by atoms with E-state index in [1.807, 2.05) is 0 Å². The fraction of sp³-hybridized carbons (Fsp3) is 1.00. The molecule has 1 saturated carbocycles. The molecule has 2 aliphatic rings. The predicted molar refractivity (Wildman–Crippen MR) is 66.3 cm³/mol. The third kappa shape index (κ3) is 3.27. The van der Waals surface area contributed by atoms with E-state index in [0.717, 1.165) is 12.8 Å². The molecule has 2 N–H and O–H groups in total. The van der Waals surface area contributed by atoms with Crippen LogP contribution in [0, 0.1) is 0 Å². The van der Waals surface area contributed by atoms with E-state index in [1.165, 1.54) is 6.92 Å². The SMILES string of the molecule is C[C@@H]1[C@H](C(F)(F)F)OCCN1CC(O)C1(O)CCCC1. The van der Waals surface area contributed by atoms with Crippen LogP contribution in [0.2, 0.25) is 0 Å². The van der Waals surface area contributed by atoms with Crippen molar-refractivity contribution in [1.29, 1.82) is 0 Å². The van der Waals surface area contributed by atoms with Crippen LogP contribution in [-0.4, -0.2) is 64.8 Å². The number of halogens is 3. The van der Waals surface area contributed by atoms with Gasteiger partial charge in [0.25, 0.3) is 0 Å². The molecule has 1 aliphatic heterocycles. The van der Waals surface area contributed by atoms with E-state index in [2.05, 4.69) is 0 Å². The van der Waals surface area contributed by atoms with Crippen LogP contribution in [-0.2, 0) is 4.74 Å². The molecule has 20 heavy (non-hydrogen) atoms. The first kappa shape index (κ1) is 16.0. The Morgan fingerprint density at radius 1 is 1.35 bits per heavy atom. The van der Waals surface area contributed by atoms with Gasteiger partial charge in [0.1, 0.15) is 0 Å². The normalized spacial score (nSPS) is 33.3. The molecule has 0 aromatic heterocycles. The molecule has 1 unspecified atom stereocenters. The van der Waals surface area contributed by atoms with Crippen LogP contribution < -0.4 is 0 Å². The van der Waals surface area contributed by atoms with E-state index < -0.39 is 30.0 Å². The van der Waals surface area contributed by atoms with Gasteiger partial charge in [-0.3, -0.25) is 4.90 Å². The number of hydrogen-bond donors (Lipinski definition) is 2. The number of alkyl halides is 3. The summed E-state index contributed by atoms with van der Waals surface area (Å²) in [7, 11) is 0. The molecule has 0 radical (unpaired) electrons. The first-order valence-electron chi connectivity index (χ1n) is 7.07. The topological polar surface area (TPSA) is 52.9 Å². The fourth-order valence-electron chi connectivity index (χ4n) is 3.17. The van der Waals surface area contributed by atoms with Crippen molar-refractivity contribution in [1.82, 2.24) is 4.90 Å². The highest BCUT2D eigenvalue weighted by Gasteiger charge is 2.49. The van der Waals surface area contributed by atoms with Gasteiger partial charge >= 0.3 is 6.18 Å². The van der Waals surface area contributed by atoms with Crippen molar-refractivity contribution >= 4 is 0 Å². The van der Waals surface area contributed by atoms with Crippen molar-refractivity contribution in [2.75, 3.05) is 19.7 Å². The van der Waals surface area contributed by atoms with Crippen molar-refractivity contribution in [3.8, 4) is 0 Å². The largest absolute Gasteiger partial charge is 0.416 e. The molecular weight excluding hydrogens is 275 g/mol. The first-order chi connectivity index (χ1) is 9.24. The number of nitrogens with zero attached hydrogens (tertiary/aromatic N) is 1. The van der Waals surface area contributed by atoms with Crippen LogP contribution in [0.15, 0.2) is 0 Å². The second-order valence-electron chi connectivity index (χ2n) is 5.90. The van der Waals surface area contributed by atoms with Crippen LogP contribution >= 0.6 is 0 Å². The molecular formula is C13H22F3NO3. The summed E-state index contributed by atoms with van der Waals surface area (Å²) in [4.78, 5) is 1.56. The van der Waals surface area contributed by atoms with Gasteiger partial charge in [-0.25, -0.2) is 0 Å². The monoisotopic (exact) mass is 297 g/mol. The molecule has 0 aromatic rings. The van der Waals surface area contributed by atoms with E-state index >= 15 is 0 Å². The molecule has 7 heteroatoms. The summed E-state index contributed by atoms with van der Waals surface area (Å²) >= 11 is 0. The summed E-state index contributed by atoms with van der Waals surface area (Å²) in [5.74, 6) is 0. The Labute approximate surface area is 116 Å². The minimum atomic E-state index is -4.41. The van der Waals surface area contributed by atoms with E-state index in [0.29, 0.717) is 19.4 Å². The second kappa shape index (κ2) is 5.79. The minimum absolute atomic E-state index is 0.0142. The number of aliphatic hydroxyl groups is 2. The molecule has 4 nitrogen and oxygen atoms in total. The molecule has 0 spiro atoms. The van der Waals surface area contributed by atoms with Crippen LogP contribution in [0.3, 0.4) is 0 Å². The van der Waals surface area contributed by atoms with Crippen molar-refractivity contribution in [3.63, 3.8) is 0 Å². The van der Waals surface area contributed by atoms with Crippen molar-refractivity contribution in [2.24, 2.45) is 0 Å². The lowest BCUT2D eigenvalue weighted by Crippen LogP contribution is -2.59. The standard InChI is InChI=1S/C13H22F3NO3/c1-9-11(13(14,15)16)20-7-6-17(9)8-10(18)12(19)4-2-3-5-12/h9-11,18-19H,2-8H2,1H3/t9-,10?,11-/m1/s1. The quantitative estimate of drug-likeness (QED) is 0.824. The Hall–Kier alpha value is -0.370. The van der Waals surface area contributed by atoms with Gasteiger partial charge < -0.3 is 14.9 Å². The van der Waals surface area contributed by atoms with Crippen molar-refractivity contribution < 1.29 is 28.1 Å². The summed E-state index contributed by atoms with van der Waals surface area (Å²) in [5.41, 5.74) is -1.15. The van der Waals surface area contributed by atoms with E-state index in [4.69, 9.17) is 4.74 Å². The average Bonchev–Trinajstić information content (AvgIpc) is 2.78. The van der Waals surface area contributed by atoms with E-state index in [1.54, 1.807) is 4.90 Å². The van der Waals surface area contributed by atoms with Gasteiger partial charge in [-0.1, -0.05) is 12.8 Å². The Morgan fingerprint density at radius 3 is 2.50 bits per heavy atom. The maximum Gasteiger partial charge on any atom is 0.416 e. The second-order valence-corrected chi connectivity index (χ2v) is 5.90. The zero-order chi connectivity index (χ0) is 15.0. The van der Waals surface area contributed by atoms with Gasteiger partial charge in [0, 0.05) is 19.1 Å². The van der Waals surface area contributed by atoms with Crippen LogP contribution in [0.1, 0.15) is 32.6 Å². The summed E-state index contributed by atoms with van der Waals surface area (Å²) in [6.45, 7) is 1.82. The van der Waals surface area contributed by atoms with Gasteiger partial charge in [-0.15, -0.1) is 0 Å². The Morgan fingerprint density at radius 2 is 1.95 bits per heavy atom. The Balaban J connectivity index is 1.98. The number of rotatable bonds is 3. The molecule has 2 rings (SSSR count). The Kier molecular flexibility index (Phi) is 4.63. The molecule has 2 fully saturated rings. The lowest BCUT2D eigenvalue weighted by atomic mass is 9.93. The third-order valence-electron chi connectivity index (χ3n) is 4.51. The summed E-state index contributed by atoms with van der Waals surface area (Å²) in [6.07, 6.45) is -4.55. The molecule has 3 atom stereocenters. The first-order valence-corrected chi connectivity index (χ1v) is 7.07. The smallest absolute Gasteiger partial charge is 0.389 e. The lowest BCUT2D eigenvalue weighted by molar-refractivity contribution is -0.254. The zero-order valence-electron chi connectivity index (χ0n) is 11.6. The fourth-order valence-corrected chi connectivity index (χ4v) is 3.17. The highest BCUT2D eigenvalue weighted by Crippen LogP contribution is 2.34. The van der Waals surface area contributed by atoms with Gasteiger partial charge in [0.05, 0.1) is 18.3 Å². The number of morpholine rings is 1. The summed E-state index contributed by atoms with van der Waals surface area (Å²) < 4.78 is 43.3. The summed E-state index contributed by atoms with van der Waals surface area (Å²) in [5, 5.41) is 20.4.